The molecule has 1 aliphatic rings. The van der Waals surface area contributed by atoms with Gasteiger partial charge in [-0.05, 0) is 29.3 Å². The Kier molecular flexibility index (Phi) is 3.85. The number of hydrogen-bond donors (Lipinski definition) is 1. The molecule has 4 rings (SSSR count). The number of anilines is 1. The van der Waals surface area contributed by atoms with Crippen LogP contribution in [0.4, 0.5) is 5.95 Å². The SMILES string of the molecule is COc1ccc([C@H]2C=C(c3ccccc3)Nc3ncnn32)cc1OC. The maximum atomic E-state index is 5.44. The molecule has 0 saturated carbocycles. The Bertz CT molecular complexity index is 918. The number of rotatable bonds is 4. The van der Waals surface area contributed by atoms with Gasteiger partial charge in [0, 0.05) is 5.70 Å². The number of allylic oxidation sites excluding steroid dienone is 1. The molecule has 6 heteroatoms. The Labute approximate surface area is 145 Å². The molecule has 3 aromatic rings. The molecule has 0 saturated heterocycles. The van der Waals surface area contributed by atoms with Crippen LogP contribution >= 0.6 is 0 Å². The minimum atomic E-state index is -0.0891. The number of methoxy groups -OCH3 is 2. The maximum absolute atomic E-state index is 5.44. The molecule has 1 aliphatic heterocycles. The summed E-state index contributed by atoms with van der Waals surface area (Å²) in [6.45, 7) is 0. The average molecular weight is 334 g/mol. The smallest absolute Gasteiger partial charge is 0.226 e. The Morgan fingerprint density at radius 3 is 2.56 bits per heavy atom. The average Bonchev–Trinajstić information content (AvgIpc) is 3.16. The summed E-state index contributed by atoms with van der Waals surface area (Å²) in [4.78, 5) is 4.33. The fourth-order valence-electron chi connectivity index (χ4n) is 2.99. The van der Waals surface area contributed by atoms with Gasteiger partial charge in [0.15, 0.2) is 11.5 Å². The van der Waals surface area contributed by atoms with Gasteiger partial charge in [0.1, 0.15) is 12.4 Å². The van der Waals surface area contributed by atoms with Gasteiger partial charge in [0.25, 0.3) is 0 Å². The summed E-state index contributed by atoms with van der Waals surface area (Å²) in [5, 5.41) is 7.71. The first kappa shape index (κ1) is 15.3. The normalized spacial score (nSPS) is 15.8. The molecule has 1 N–H and O–H groups in total. The van der Waals surface area contributed by atoms with Gasteiger partial charge < -0.3 is 14.8 Å². The molecule has 126 valence electrons. The van der Waals surface area contributed by atoms with Crippen LogP contribution < -0.4 is 14.8 Å². The Morgan fingerprint density at radius 1 is 1.00 bits per heavy atom. The van der Waals surface area contributed by atoms with Crippen LogP contribution in [0.15, 0.2) is 60.9 Å². The molecule has 1 atom stereocenters. The van der Waals surface area contributed by atoms with E-state index >= 15 is 0 Å². The molecule has 0 spiro atoms. The van der Waals surface area contributed by atoms with E-state index in [0.717, 1.165) is 16.8 Å². The van der Waals surface area contributed by atoms with Crippen molar-refractivity contribution in [1.82, 2.24) is 14.8 Å². The zero-order chi connectivity index (χ0) is 17.2. The van der Waals surface area contributed by atoms with Crippen molar-refractivity contribution in [3.05, 3.63) is 72.1 Å². The van der Waals surface area contributed by atoms with Gasteiger partial charge in [-0.1, -0.05) is 36.4 Å². The third-order valence-corrected chi connectivity index (χ3v) is 4.24. The summed E-state index contributed by atoms with van der Waals surface area (Å²) in [6, 6.07) is 16.0. The van der Waals surface area contributed by atoms with E-state index in [1.807, 2.05) is 41.1 Å². The van der Waals surface area contributed by atoms with Gasteiger partial charge in [-0.2, -0.15) is 10.1 Å². The van der Waals surface area contributed by atoms with E-state index < -0.39 is 0 Å². The summed E-state index contributed by atoms with van der Waals surface area (Å²) in [7, 11) is 3.27. The zero-order valence-corrected chi connectivity index (χ0v) is 14.0. The molecular weight excluding hydrogens is 316 g/mol. The van der Waals surface area contributed by atoms with Crippen LogP contribution in [0.2, 0.25) is 0 Å². The predicted molar refractivity (Wildman–Crippen MR) is 95.7 cm³/mol. The van der Waals surface area contributed by atoms with Gasteiger partial charge in [0.2, 0.25) is 5.95 Å². The van der Waals surface area contributed by atoms with Crippen LogP contribution in [0.5, 0.6) is 11.5 Å². The largest absolute Gasteiger partial charge is 0.493 e. The highest BCUT2D eigenvalue weighted by molar-refractivity contribution is 5.77. The first-order valence-electron chi connectivity index (χ1n) is 7.96. The lowest BCUT2D eigenvalue weighted by atomic mass is 10.0. The molecule has 6 nitrogen and oxygen atoms in total. The van der Waals surface area contributed by atoms with Crippen molar-refractivity contribution in [2.24, 2.45) is 0 Å². The zero-order valence-electron chi connectivity index (χ0n) is 14.0. The van der Waals surface area contributed by atoms with Crippen molar-refractivity contribution in [1.29, 1.82) is 0 Å². The highest BCUT2D eigenvalue weighted by Crippen LogP contribution is 2.36. The monoisotopic (exact) mass is 334 g/mol. The summed E-state index contributed by atoms with van der Waals surface area (Å²) in [6.07, 6.45) is 3.69. The predicted octanol–water partition coefficient (Wildman–Crippen LogP) is 3.35. The Hall–Kier alpha value is -3.28. The lowest BCUT2D eigenvalue weighted by Gasteiger charge is -2.25. The molecule has 0 amide bonds. The van der Waals surface area contributed by atoms with Crippen molar-refractivity contribution < 1.29 is 9.47 Å². The van der Waals surface area contributed by atoms with Crippen LogP contribution in [0, 0.1) is 0 Å². The van der Waals surface area contributed by atoms with Crippen LogP contribution in [0.3, 0.4) is 0 Å². The van der Waals surface area contributed by atoms with E-state index in [-0.39, 0.29) is 6.04 Å². The number of nitrogens with zero attached hydrogens (tertiary/aromatic N) is 3. The van der Waals surface area contributed by atoms with Crippen LogP contribution in [0.1, 0.15) is 17.2 Å². The standard InChI is InChI=1S/C19H18N4O2/c1-24-17-9-8-14(10-18(17)25-2)16-11-15(13-6-4-3-5-7-13)22-19-20-12-21-23(16)19/h3-12,16H,1-2H3,(H,20,21,22)/t16-/m1/s1. The van der Waals surface area contributed by atoms with Gasteiger partial charge in [-0.15, -0.1) is 0 Å². The minimum absolute atomic E-state index is 0.0891. The minimum Gasteiger partial charge on any atom is -0.493 e. The number of ether oxygens (including phenoxy) is 2. The summed E-state index contributed by atoms with van der Waals surface area (Å²) in [5.41, 5.74) is 3.14. The molecule has 1 aromatic heterocycles. The highest BCUT2D eigenvalue weighted by Gasteiger charge is 2.24. The van der Waals surface area contributed by atoms with Crippen molar-refractivity contribution in [2.75, 3.05) is 19.5 Å². The van der Waals surface area contributed by atoms with E-state index in [1.54, 1.807) is 20.5 Å². The molecule has 25 heavy (non-hydrogen) atoms. The molecule has 0 aliphatic carbocycles. The van der Waals surface area contributed by atoms with Crippen LogP contribution in [0.25, 0.3) is 5.70 Å². The van der Waals surface area contributed by atoms with Gasteiger partial charge in [-0.3, -0.25) is 0 Å². The van der Waals surface area contributed by atoms with Crippen molar-refractivity contribution >= 4 is 11.6 Å². The van der Waals surface area contributed by atoms with Crippen LogP contribution in [-0.2, 0) is 0 Å². The quantitative estimate of drug-likeness (QED) is 0.793. The van der Waals surface area contributed by atoms with Gasteiger partial charge in [0.05, 0.1) is 14.2 Å². The van der Waals surface area contributed by atoms with E-state index in [4.69, 9.17) is 9.47 Å². The molecule has 0 unspecified atom stereocenters. The number of benzene rings is 2. The van der Waals surface area contributed by atoms with Crippen molar-refractivity contribution in [2.45, 2.75) is 6.04 Å². The molecule has 2 heterocycles. The molecule has 0 radical (unpaired) electrons. The molecule has 0 bridgehead atoms. The summed E-state index contributed by atoms with van der Waals surface area (Å²) in [5.74, 6) is 2.10. The van der Waals surface area contributed by atoms with E-state index in [9.17, 15) is 0 Å². The second-order valence-corrected chi connectivity index (χ2v) is 5.66. The summed E-state index contributed by atoms with van der Waals surface area (Å²) >= 11 is 0. The van der Waals surface area contributed by atoms with E-state index in [1.165, 1.54) is 0 Å². The van der Waals surface area contributed by atoms with Crippen molar-refractivity contribution in [3.8, 4) is 11.5 Å². The molecular formula is C19H18N4O2. The fourth-order valence-corrected chi connectivity index (χ4v) is 2.99. The maximum Gasteiger partial charge on any atom is 0.226 e. The third kappa shape index (κ3) is 2.71. The highest BCUT2D eigenvalue weighted by atomic mass is 16.5. The van der Waals surface area contributed by atoms with Gasteiger partial charge in [-0.25, -0.2) is 4.68 Å². The lowest BCUT2D eigenvalue weighted by molar-refractivity contribution is 0.354. The van der Waals surface area contributed by atoms with E-state index in [2.05, 4.69) is 33.6 Å². The van der Waals surface area contributed by atoms with Crippen molar-refractivity contribution in [3.63, 3.8) is 0 Å². The summed E-state index contributed by atoms with van der Waals surface area (Å²) < 4.78 is 12.6. The third-order valence-electron chi connectivity index (χ3n) is 4.24. The second kappa shape index (κ2) is 6.32. The Morgan fingerprint density at radius 2 is 1.80 bits per heavy atom. The first-order valence-corrected chi connectivity index (χ1v) is 7.96. The fraction of sp³-hybridized carbons (Fsp3) is 0.158. The number of fused-ring (bicyclic) bond motifs is 1. The second-order valence-electron chi connectivity index (χ2n) is 5.66. The molecule has 0 fully saturated rings. The Balaban J connectivity index is 1.81. The first-order chi connectivity index (χ1) is 12.3. The lowest BCUT2D eigenvalue weighted by Crippen LogP contribution is -2.20. The van der Waals surface area contributed by atoms with Gasteiger partial charge >= 0.3 is 0 Å². The number of aromatic nitrogens is 3. The van der Waals surface area contributed by atoms with E-state index in [0.29, 0.717) is 17.4 Å². The number of hydrogen-bond acceptors (Lipinski definition) is 5. The number of nitrogens with one attached hydrogen (secondary N) is 1. The van der Waals surface area contributed by atoms with Crippen LogP contribution in [-0.4, -0.2) is 29.0 Å². The molecule has 2 aromatic carbocycles. The topological polar surface area (TPSA) is 61.2 Å².